The number of carbonyl (C=O) groups excluding carboxylic acids is 1. The van der Waals surface area contributed by atoms with Crippen LogP contribution in [0.4, 0.5) is 0 Å². The van der Waals surface area contributed by atoms with Gasteiger partial charge in [-0.3, -0.25) is 19.9 Å². The third kappa shape index (κ3) is 5.45. The third-order valence-electron chi connectivity index (χ3n) is 7.51. The first-order chi connectivity index (χ1) is 19.9. The minimum atomic E-state index is 0.0487. The van der Waals surface area contributed by atoms with Crippen LogP contribution < -0.4 is 5.32 Å². The fourth-order valence-corrected chi connectivity index (χ4v) is 5.16. The molecule has 1 amide bonds. The highest BCUT2D eigenvalue weighted by atomic mass is 16.1. The number of nitrogens with one attached hydrogen (secondary N) is 3. The third-order valence-corrected chi connectivity index (χ3v) is 7.51. The molecule has 1 aromatic carbocycles. The van der Waals surface area contributed by atoms with Crippen molar-refractivity contribution in [1.82, 2.24) is 35.5 Å². The number of nitrogens with zero attached hydrogens (tertiary/aromatic N) is 4. The summed E-state index contributed by atoms with van der Waals surface area (Å²) in [7, 11) is 0. The Labute approximate surface area is 238 Å². The van der Waals surface area contributed by atoms with Gasteiger partial charge >= 0.3 is 0 Å². The standard InChI is InChI=1S/C33H33N7O/c1-19(2)10-30(41)36-15-22-12-25(16-34-14-22)23-8-9-28-26(13-23)32(40-39-28)33-37-29-18-35-17-27(31(29)38-33)24-7-5-6-20(3)21(4)11-24/h5-9,12-14,16-19H,10-11,15H2,1-4H3,(H,36,41)(H,37,38)(H,39,40). The molecule has 5 aromatic rings. The molecule has 0 spiro atoms. The zero-order valence-electron chi connectivity index (χ0n) is 23.7. The minimum Gasteiger partial charge on any atom is -0.352 e. The summed E-state index contributed by atoms with van der Waals surface area (Å²) < 4.78 is 0. The Balaban J connectivity index is 1.33. The van der Waals surface area contributed by atoms with Crippen LogP contribution in [-0.2, 0) is 11.3 Å². The number of rotatable bonds is 7. The number of H-pyrrole nitrogens is 2. The molecule has 0 unspecified atom stereocenters. The molecule has 1 aliphatic rings. The fourth-order valence-electron chi connectivity index (χ4n) is 5.16. The largest absolute Gasteiger partial charge is 0.352 e. The predicted molar refractivity (Wildman–Crippen MR) is 164 cm³/mol. The van der Waals surface area contributed by atoms with Crippen molar-refractivity contribution in [2.45, 2.75) is 47.1 Å². The summed E-state index contributed by atoms with van der Waals surface area (Å²) >= 11 is 0. The molecule has 206 valence electrons. The Kier molecular flexibility index (Phi) is 7.05. The van der Waals surface area contributed by atoms with Crippen molar-refractivity contribution < 1.29 is 4.79 Å². The van der Waals surface area contributed by atoms with E-state index >= 15 is 0 Å². The van der Waals surface area contributed by atoms with Gasteiger partial charge in [-0.1, -0.05) is 49.3 Å². The number of hydrogen-bond acceptors (Lipinski definition) is 5. The second-order valence-electron chi connectivity index (χ2n) is 11.1. The summed E-state index contributed by atoms with van der Waals surface area (Å²) in [5.41, 5.74) is 11.2. The Morgan fingerprint density at radius 3 is 2.73 bits per heavy atom. The molecule has 0 saturated carbocycles. The van der Waals surface area contributed by atoms with E-state index in [1.165, 1.54) is 16.7 Å². The normalized spacial score (nSPS) is 13.7. The van der Waals surface area contributed by atoms with Crippen molar-refractivity contribution in [3.63, 3.8) is 0 Å². The van der Waals surface area contributed by atoms with Gasteiger partial charge in [-0.2, -0.15) is 5.10 Å². The molecule has 41 heavy (non-hydrogen) atoms. The van der Waals surface area contributed by atoms with Gasteiger partial charge in [0.1, 0.15) is 5.69 Å². The van der Waals surface area contributed by atoms with Gasteiger partial charge in [0.05, 0.1) is 22.7 Å². The smallest absolute Gasteiger partial charge is 0.220 e. The SMILES string of the molecule is CC1=C(C)CC(c2cncc3[nH]c(-c4n[nH]c5ccc(-c6cncc(CNC(=O)CC(C)C)c6)cc45)nc23)=CC=C1. The molecule has 0 radical (unpaired) electrons. The number of hydrogen-bond donors (Lipinski definition) is 3. The average Bonchev–Trinajstić information content (AvgIpc) is 3.54. The lowest BCUT2D eigenvalue weighted by molar-refractivity contribution is -0.121. The van der Waals surface area contributed by atoms with E-state index in [-0.39, 0.29) is 5.91 Å². The second-order valence-corrected chi connectivity index (χ2v) is 11.1. The van der Waals surface area contributed by atoms with Crippen molar-refractivity contribution in [2.24, 2.45) is 5.92 Å². The first-order valence-electron chi connectivity index (χ1n) is 13.9. The molecule has 8 heteroatoms. The summed E-state index contributed by atoms with van der Waals surface area (Å²) in [6.45, 7) is 8.83. The zero-order valence-corrected chi connectivity index (χ0v) is 23.7. The summed E-state index contributed by atoms with van der Waals surface area (Å²) in [5, 5.41) is 11.7. The van der Waals surface area contributed by atoms with Crippen LogP contribution in [-0.4, -0.2) is 36.0 Å². The van der Waals surface area contributed by atoms with Crippen molar-refractivity contribution in [3.8, 4) is 22.6 Å². The Hall–Kier alpha value is -4.85. The van der Waals surface area contributed by atoms with Crippen LogP contribution in [0.3, 0.4) is 0 Å². The van der Waals surface area contributed by atoms with Gasteiger partial charge in [-0.25, -0.2) is 4.98 Å². The number of aromatic nitrogens is 6. The van der Waals surface area contributed by atoms with Crippen molar-refractivity contribution in [2.75, 3.05) is 0 Å². The molecule has 0 bridgehead atoms. The van der Waals surface area contributed by atoms with Crippen molar-refractivity contribution in [3.05, 3.63) is 89.6 Å². The van der Waals surface area contributed by atoms with Crippen LogP contribution >= 0.6 is 0 Å². The highest BCUT2D eigenvalue weighted by molar-refractivity contribution is 5.97. The number of imidazole rings is 1. The number of carbonyl (C=O) groups is 1. The molecule has 8 nitrogen and oxygen atoms in total. The summed E-state index contributed by atoms with van der Waals surface area (Å²) in [5.74, 6) is 1.06. The number of aromatic amines is 2. The summed E-state index contributed by atoms with van der Waals surface area (Å²) in [6, 6.07) is 8.24. The molecule has 6 rings (SSSR count). The monoisotopic (exact) mass is 543 g/mol. The number of pyridine rings is 2. The predicted octanol–water partition coefficient (Wildman–Crippen LogP) is 6.91. The molecular formula is C33H33N7O. The van der Waals surface area contributed by atoms with Crippen LogP contribution in [0.2, 0.25) is 0 Å². The van der Waals surface area contributed by atoms with E-state index in [1.807, 2.05) is 44.6 Å². The van der Waals surface area contributed by atoms with Crippen LogP contribution in [0.15, 0.2) is 78.4 Å². The first-order valence-corrected chi connectivity index (χ1v) is 13.9. The summed E-state index contributed by atoms with van der Waals surface area (Å²) in [6.07, 6.45) is 15.1. The van der Waals surface area contributed by atoms with Crippen LogP contribution in [0.1, 0.15) is 51.7 Å². The number of allylic oxidation sites excluding steroid dienone is 6. The van der Waals surface area contributed by atoms with E-state index < -0.39 is 0 Å². The fraction of sp³-hybridized carbons (Fsp3) is 0.242. The lowest BCUT2D eigenvalue weighted by Crippen LogP contribution is -2.23. The zero-order chi connectivity index (χ0) is 28.5. The van der Waals surface area contributed by atoms with Crippen molar-refractivity contribution >= 4 is 33.4 Å². The van der Waals surface area contributed by atoms with Crippen LogP contribution in [0, 0.1) is 5.92 Å². The summed E-state index contributed by atoms with van der Waals surface area (Å²) in [4.78, 5) is 29.5. The van der Waals surface area contributed by atoms with Crippen LogP contribution in [0.25, 0.3) is 50.2 Å². The molecule has 1 aliphatic carbocycles. The van der Waals surface area contributed by atoms with Crippen LogP contribution in [0.5, 0.6) is 0 Å². The minimum absolute atomic E-state index is 0.0487. The maximum atomic E-state index is 12.1. The lowest BCUT2D eigenvalue weighted by Gasteiger charge is -2.09. The quantitative estimate of drug-likeness (QED) is 0.207. The van der Waals surface area contributed by atoms with E-state index in [1.54, 1.807) is 6.20 Å². The van der Waals surface area contributed by atoms with Gasteiger partial charge in [-0.15, -0.1) is 0 Å². The number of benzene rings is 1. The average molecular weight is 544 g/mol. The lowest BCUT2D eigenvalue weighted by atomic mass is 9.98. The van der Waals surface area contributed by atoms with Gasteiger partial charge in [-0.05, 0) is 61.1 Å². The molecule has 4 heterocycles. The highest BCUT2D eigenvalue weighted by Crippen LogP contribution is 2.34. The molecular weight excluding hydrogens is 510 g/mol. The number of fused-ring (bicyclic) bond motifs is 2. The number of amides is 1. The van der Waals surface area contributed by atoms with Gasteiger partial charge in [0.2, 0.25) is 5.91 Å². The second kappa shape index (κ2) is 11.0. The molecule has 4 aromatic heterocycles. The topological polar surface area (TPSA) is 112 Å². The Morgan fingerprint density at radius 1 is 1.02 bits per heavy atom. The van der Waals surface area contributed by atoms with E-state index in [2.05, 4.69) is 74.7 Å². The maximum absolute atomic E-state index is 12.1. The molecule has 0 atom stereocenters. The van der Waals surface area contributed by atoms with Gasteiger partial charge < -0.3 is 10.3 Å². The van der Waals surface area contributed by atoms with E-state index in [9.17, 15) is 4.79 Å². The molecule has 3 N–H and O–H groups in total. The van der Waals surface area contributed by atoms with Gasteiger partial charge in [0.15, 0.2) is 5.82 Å². The van der Waals surface area contributed by atoms with Crippen molar-refractivity contribution in [1.29, 1.82) is 0 Å². The Morgan fingerprint density at radius 2 is 1.88 bits per heavy atom. The Bertz CT molecular complexity index is 1870. The van der Waals surface area contributed by atoms with E-state index in [0.29, 0.717) is 24.7 Å². The highest BCUT2D eigenvalue weighted by Gasteiger charge is 2.18. The van der Waals surface area contributed by atoms with E-state index in [4.69, 9.17) is 4.98 Å². The van der Waals surface area contributed by atoms with Gasteiger partial charge in [0, 0.05) is 48.1 Å². The first kappa shape index (κ1) is 26.4. The molecule has 0 saturated heterocycles. The molecule has 0 fully saturated rings. The van der Waals surface area contributed by atoms with E-state index in [0.717, 1.165) is 56.3 Å². The maximum Gasteiger partial charge on any atom is 0.220 e. The van der Waals surface area contributed by atoms with Gasteiger partial charge in [0.25, 0.3) is 0 Å². The molecule has 0 aliphatic heterocycles.